The minimum absolute atomic E-state index is 0.00305. The van der Waals surface area contributed by atoms with Crippen LogP contribution in [0.3, 0.4) is 0 Å². The average Bonchev–Trinajstić information content (AvgIpc) is 2.74. The summed E-state index contributed by atoms with van der Waals surface area (Å²) in [6.45, 7) is 1.21. The molecule has 0 unspecified atom stereocenters. The quantitative estimate of drug-likeness (QED) is 0.449. The Kier molecular flexibility index (Phi) is 4.35. The van der Waals surface area contributed by atoms with E-state index >= 15 is 0 Å². The molecule has 1 N–H and O–H groups in total. The average molecular weight is 379 g/mol. The number of carbonyl (C=O) groups excluding carboxylic acids is 2. The fourth-order valence-corrected chi connectivity index (χ4v) is 5.53. The highest BCUT2D eigenvalue weighted by atomic mass is 32.2. The van der Waals surface area contributed by atoms with Crippen LogP contribution in [-0.2, 0) is 35.6 Å². The molecule has 1 aromatic rings. The Morgan fingerprint density at radius 1 is 1.35 bits per heavy atom. The molecule has 8 nitrogen and oxygen atoms in total. The molecule has 2 heterocycles. The van der Waals surface area contributed by atoms with Crippen LogP contribution in [0.15, 0.2) is 42.5 Å². The molecule has 9 heteroatoms. The lowest BCUT2D eigenvalue weighted by Crippen LogP contribution is -2.57. The third-order valence-corrected chi connectivity index (χ3v) is 7.44. The van der Waals surface area contributed by atoms with Crippen molar-refractivity contribution in [1.29, 1.82) is 0 Å². The number of rotatable bonds is 5. The van der Waals surface area contributed by atoms with E-state index < -0.39 is 43.8 Å². The molecule has 0 aromatic heterocycles. The lowest BCUT2D eigenvalue weighted by atomic mass is 9.96. The van der Waals surface area contributed by atoms with Gasteiger partial charge in [0.15, 0.2) is 15.9 Å². The van der Waals surface area contributed by atoms with E-state index in [0.29, 0.717) is 0 Å². The number of carboxylic acids is 1. The molecular formula is C17H17NO7S. The topological polar surface area (TPSA) is 118 Å². The maximum absolute atomic E-state index is 12.7. The lowest BCUT2D eigenvalue weighted by Gasteiger charge is -2.35. The Labute approximate surface area is 150 Å². The van der Waals surface area contributed by atoms with Gasteiger partial charge in [-0.1, -0.05) is 36.4 Å². The zero-order valence-corrected chi connectivity index (χ0v) is 14.7. The van der Waals surface area contributed by atoms with E-state index in [1.165, 1.54) is 6.92 Å². The summed E-state index contributed by atoms with van der Waals surface area (Å²) in [5.74, 6) is -2.77. The van der Waals surface area contributed by atoms with Gasteiger partial charge in [0.05, 0.1) is 6.42 Å². The molecule has 2 fully saturated rings. The van der Waals surface area contributed by atoms with Crippen molar-refractivity contribution in [3.63, 3.8) is 0 Å². The second-order valence-corrected chi connectivity index (χ2v) is 8.87. The number of ether oxygens (including phenoxy) is 1. The Morgan fingerprint density at radius 3 is 2.58 bits per heavy atom. The first-order chi connectivity index (χ1) is 12.2. The van der Waals surface area contributed by atoms with Gasteiger partial charge >= 0.3 is 11.9 Å². The summed E-state index contributed by atoms with van der Waals surface area (Å²) in [4.78, 5) is 36.0. The minimum Gasteiger partial charge on any atom is -0.480 e. The second-order valence-electron chi connectivity index (χ2n) is 6.36. The summed E-state index contributed by atoms with van der Waals surface area (Å²) < 4.78 is 28.5. The molecule has 1 aromatic carbocycles. The maximum atomic E-state index is 12.7. The number of hydrogen-bond donors (Lipinski definition) is 1. The molecule has 138 valence electrons. The lowest BCUT2D eigenvalue weighted by molar-refractivity contribution is -0.157. The van der Waals surface area contributed by atoms with Crippen LogP contribution in [-0.4, -0.2) is 52.4 Å². The van der Waals surface area contributed by atoms with Crippen molar-refractivity contribution in [2.24, 2.45) is 0 Å². The highest BCUT2D eigenvalue weighted by Gasteiger charge is 2.69. The number of hydrogen-bond acceptors (Lipinski definition) is 6. The molecule has 26 heavy (non-hydrogen) atoms. The van der Waals surface area contributed by atoms with E-state index in [-0.39, 0.29) is 13.0 Å². The summed E-state index contributed by atoms with van der Waals surface area (Å²) >= 11 is 0. The van der Waals surface area contributed by atoms with E-state index in [0.717, 1.165) is 22.6 Å². The number of carboxylic acid groups (broad SMARTS) is 1. The van der Waals surface area contributed by atoms with E-state index in [1.54, 1.807) is 24.3 Å². The molecule has 0 spiro atoms. The zero-order chi connectivity index (χ0) is 19.1. The standard InChI is InChI=1S/C17H17NO7S/c1-17(8-7-14(20)25-10-11-5-3-2-4-6-11)15(16(21)22)18-12(19)9-13(18)26(17,23)24/h2-8,13,15H,9-10H2,1H3,(H,21,22)/t13-,15+,17+/m1/s1. The van der Waals surface area contributed by atoms with Gasteiger partial charge in [-0.05, 0) is 12.5 Å². The third kappa shape index (κ3) is 2.68. The first-order valence-electron chi connectivity index (χ1n) is 7.86. The highest BCUT2D eigenvalue weighted by Crippen LogP contribution is 2.46. The van der Waals surface area contributed by atoms with Gasteiger partial charge in [-0.3, -0.25) is 4.79 Å². The summed E-state index contributed by atoms with van der Waals surface area (Å²) in [6.07, 6.45) is 1.68. The molecule has 0 bridgehead atoms. The number of fused-ring (bicyclic) bond motifs is 1. The van der Waals surface area contributed by atoms with Crippen LogP contribution >= 0.6 is 0 Å². The van der Waals surface area contributed by atoms with Crippen LogP contribution in [0.2, 0.25) is 0 Å². The van der Waals surface area contributed by atoms with Crippen molar-refractivity contribution in [3.8, 4) is 0 Å². The summed E-state index contributed by atoms with van der Waals surface area (Å²) in [7, 11) is -3.99. The van der Waals surface area contributed by atoms with Crippen LogP contribution < -0.4 is 0 Å². The van der Waals surface area contributed by atoms with Crippen molar-refractivity contribution in [2.75, 3.05) is 0 Å². The van der Waals surface area contributed by atoms with Crippen LogP contribution in [0.5, 0.6) is 0 Å². The largest absolute Gasteiger partial charge is 0.480 e. The highest BCUT2D eigenvalue weighted by molar-refractivity contribution is 7.94. The Hall–Kier alpha value is -2.68. The Morgan fingerprint density at radius 2 is 2.00 bits per heavy atom. The van der Waals surface area contributed by atoms with Gasteiger partial charge < -0.3 is 14.7 Å². The number of sulfone groups is 1. The molecule has 3 atom stereocenters. The number of amides is 1. The predicted octanol–water partition coefficient (Wildman–Crippen LogP) is 0.485. The van der Waals surface area contributed by atoms with Crippen LogP contribution in [0.4, 0.5) is 0 Å². The first-order valence-corrected chi connectivity index (χ1v) is 9.40. The zero-order valence-electron chi connectivity index (χ0n) is 13.9. The SMILES string of the molecule is C[C@]1(C=CC(=O)OCc2ccccc2)[C@H](C(=O)O)N2C(=O)C[C@H]2S1(=O)=O. The van der Waals surface area contributed by atoms with Crippen molar-refractivity contribution < 1.29 is 32.6 Å². The summed E-state index contributed by atoms with van der Waals surface area (Å²) in [5.41, 5.74) is 0.757. The normalized spacial score (nSPS) is 29.3. The van der Waals surface area contributed by atoms with Crippen molar-refractivity contribution in [1.82, 2.24) is 4.90 Å². The van der Waals surface area contributed by atoms with Gasteiger partial charge in [-0.25, -0.2) is 18.0 Å². The summed E-state index contributed by atoms with van der Waals surface area (Å²) in [6, 6.07) is 7.33. The van der Waals surface area contributed by atoms with Gasteiger partial charge in [-0.15, -0.1) is 0 Å². The number of aliphatic carboxylic acids is 1. The minimum atomic E-state index is -3.99. The van der Waals surface area contributed by atoms with Crippen molar-refractivity contribution >= 4 is 27.7 Å². The number of carbonyl (C=O) groups is 3. The van der Waals surface area contributed by atoms with E-state index in [4.69, 9.17) is 4.74 Å². The molecule has 2 aliphatic heterocycles. The molecule has 0 saturated carbocycles. The maximum Gasteiger partial charge on any atom is 0.330 e. The molecule has 2 aliphatic rings. The molecule has 1 amide bonds. The number of β-lactam (4-membered cyclic amide) rings is 1. The van der Waals surface area contributed by atoms with Crippen LogP contribution in [0.1, 0.15) is 18.9 Å². The van der Waals surface area contributed by atoms with E-state index in [2.05, 4.69) is 0 Å². The monoisotopic (exact) mass is 379 g/mol. The molecule has 2 saturated heterocycles. The second kappa shape index (κ2) is 6.24. The van der Waals surface area contributed by atoms with Crippen LogP contribution in [0.25, 0.3) is 0 Å². The molecular weight excluding hydrogens is 362 g/mol. The Balaban J connectivity index is 1.79. The van der Waals surface area contributed by atoms with Crippen molar-refractivity contribution in [3.05, 3.63) is 48.0 Å². The number of esters is 1. The van der Waals surface area contributed by atoms with Crippen LogP contribution in [0, 0.1) is 0 Å². The van der Waals surface area contributed by atoms with Gasteiger partial charge in [0, 0.05) is 6.08 Å². The van der Waals surface area contributed by atoms with Crippen molar-refractivity contribution in [2.45, 2.75) is 36.1 Å². The Bertz CT molecular complexity index is 893. The fourth-order valence-electron chi connectivity index (χ4n) is 3.26. The fraction of sp³-hybridized carbons (Fsp3) is 0.353. The molecule has 0 radical (unpaired) electrons. The number of benzene rings is 1. The first kappa shape index (κ1) is 18.1. The van der Waals surface area contributed by atoms with Gasteiger partial charge in [-0.2, -0.15) is 0 Å². The number of nitrogens with zero attached hydrogens (tertiary/aromatic N) is 1. The van der Waals surface area contributed by atoms with E-state index in [9.17, 15) is 27.9 Å². The van der Waals surface area contributed by atoms with E-state index in [1.807, 2.05) is 6.07 Å². The predicted molar refractivity (Wildman–Crippen MR) is 89.4 cm³/mol. The smallest absolute Gasteiger partial charge is 0.330 e. The molecule has 0 aliphatic carbocycles. The summed E-state index contributed by atoms with van der Waals surface area (Å²) in [5, 5.41) is 8.27. The molecule has 3 rings (SSSR count). The van der Waals surface area contributed by atoms with Gasteiger partial charge in [0.2, 0.25) is 5.91 Å². The van der Waals surface area contributed by atoms with Gasteiger partial charge in [0.25, 0.3) is 0 Å². The third-order valence-electron chi connectivity index (χ3n) is 4.75. The van der Waals surface area contributed by atoms with Gasteiger partial charge in [0.1, 0.15) is 16.7 Å².